The highest BCUT2D eigenvalue weighted by atomic mass is 16.5. The third-order valence-corrected chi connectivity index (χ3v) is 4.51. The van der Waals surface area contributed by atoms with E-state index in [1.165, 1.54) is 0 Å². The average molecular weight is 310 g/mol. The molecule has 1 amide bonds. The van der Waals surface area contributed by atoms with Gasteiger partial charge in [0.1, 0.15) is 5.76 Å². The van der Waals surface area contributed by atoms with Crippen molar-refractivity contribution >= 4 is 22.9 Å². The maximum absolute atomic E-state index is 12.6. The number of carbonyl (C=O) groups excluding carboxylic acids is 1. The molecule has 2 aromatic heterocycles. The number of hydrogen-bond donors (Lipinski definition) is 1. The van der Waals surface area contributed by atoms with Crippen LogP contribution in [0.15, 0.2) is 28.8 Å². The van der Waals surface area contributed by atoms with Gasteiger partial charge in [-0.15, -0.1) is 0 Å². The van der Waals surface area contributed by atoms with Gasteiger partial charge in [-0.3, -0.25) is 10.1 Å². The fourth-order valence-corrected chi connectivity index (χ4v) is 3.17. The molecule has 6 heteroatoms. The fourth-order valence-electron chi connectivity index (χ4n) is 3.17. The van der Waals surface area contributed by atoms with Gasteiger partial charge in [-0.2, -0.15) is 0 Å². The van der Waals surface area contributed by atoms with Crippen LogP contribution in [0.1, 0.15) is 35.2 Å². The summed E-state index contributed by atoms with van der Waals surface area (Å²) >= 11 is 0. The quantitative estimate of drug-likeness (QED) is 0.790. The van der Waals surface area contributed by atoms with E-state index < -0.39 is 0 Å². The van der Waals surface area contributed by atoms with E-state index in [0.717, 1.165) is 41.6 Å². The van der Waals surface area contributed by atoms with Crippen LogP contribution in [0.25, 0.3) is 11.0 Å². The van der Waals surface area contributed by atoms with Crippen LogP contribution in [0.5, 0.6) is 0 Å². The van der Waals surface area contributed by atoms with Gasteiger partial charge in [0.25, 0.3) is 5.91 Å². The van der Waals surface area contributed by atoms with Gasteiger partial charge in [-0.1, -0.05) is 24.2 Å². The second-order valence-corrected chi connectivity index (χ2v) is 6.22. The Morgan fingerprint density at radius 2 is 2.22 bits per heavy atom. The second-order valence-electron chi connectivity index (χ2n) is 6.22. The molecule has 3 aromatic rings. The monoisotopic (exact) mass is 310 g/mol. The first-order chi connectivity index (χ1) is 11.1. The number of benzene rings is 1. The molecule has 118 valence electrons. The lowest BCUT2D eigenvalue weighted by Crippen LogP contribution is -2.19. The summed E-state index contributed by atoms with van der Waals surface area (Å²) in [6.45, 7) is 2.18. The number of nitrogens with one attached hydrogen (secondary N) is 1. The Bertz CT molecular complexity index is 893. The Balaban J connectivity index is 1.65. The number of anilines is 1. The first-order valence-corrected chi connectivity index (χ1v) is 7.83. The van der Waals surface area contributed by atoms with Crippen molar-refractivity contribution in [2.24, 2.45) is 13.0 Å². The molecule has 23 heavy (non-hydrogen) atoms. The molecule has 0 radical (unpaired) electrons. The number of carbonyl (C=O) groups is 1. The molecule has 2 heterocycles. The van der Waals surface area contributed by atoms with E-state index in [4.69, 9.17) is 4.52 Å². The van der Waals surface area contributed by atoms with Gasteiger partial charge in [-0.25, -0.2) is 4.98 Å². The van der Waals surface area contributed by atoms with E-state index in [2.05, 4.69) is 22.4 Å². The Hall–Kier alpha value is -2.63. The third kappa shape index (κ3) is 2.30. The molecule has 1 unspecified atom stereocenters. The number of imidazole rings is 1. The largest absolute Gasteiger partial charge is 0.360 e. The summed E-state index contributed by atoms with van der Waals surface area (Å²) in [4.78, 5) is 17.1. The minimum Gasteiger partial charge on any atom is -0.360 e. The zero-order valence-corrected chi connectivity index (χ0v) is 13.2. The molecule has 1 N–H and O–H groups in total. The standard InChI is InChI=1S/C17H18N4O2/c1-10-7-8-14-11(9-10)15(20-23-14)16(22)19-17-18-12-5-3-4-6-13(12)21(17)2/h3-6,10H,7-9H2,1-2H3,(H,18,19,22). The highest BCUT2D eigenvalue weighted by Crippen LogP contribution is 2.28. The topological polar surface area (TPSA) is 73.0 Å². The van der Waals surface area contributed by atoms with Gasteiger partial charge in [0.15, 0.2) is 5.69 Å². The lowest BCUT2D eigenvalue weighted by atomic mass is 9.88. The van der Waals surface area contributed by atoms with E-state index in [0.29, 0.717) is 17.6 Å². The van der Waals surface area contributed by atoms with Crippen molar-refractivity contribution in [3.63, 3.8) is 0 Å². The highest BCUT2D eigenvalue weighted by molar-refractivity contribution is 6.03. The lowest BCUT2D eigenvalue weighted by Gasteiger charge is -2.16. The van der Waals surface area contributed by atoms with Crippen molar-refractivity contribution < 1.29 is 9.32 Å². The molecule has 0 fully saturated rings. The van der Waals surface area contributed by atoms with Crippen LogP contribution in [0, 0.1) is 5.92 Å². The normalized spacial score (nSPS) is 17.2. The Kier molecular flexibility index (Phi) is 3.18. The average Bonchev–Trinajstić information content (AvgIpc) is 3.09. The minimum atomic E-state index is -0.262. The summed E-state index contributed by atoms with van der Waals surface area (Å²) in [7, 11) is 1.88. The van der Waals surface area contributed by atoms with Crippen LogP contribution in [-0.4, -0.2) is 20.6 Å². The summed E-state index contributed by atoms with van der Waals surface area (Å²) in [5.74, 6) is 1.64. The van der Waals surface area contributed by atoms with Crippen molar-refractivity contribution in [3.8, 4) is 0 Å². The Morgan fingerprint density at radius 3 is 3.04 bits per heavy atom. The molecule has 0 aliphatic heterocycles. The summed E-state index contributed by atoms with van der Waals surface area (Å²) in [6.07, 6.45) is 2.77. The van der Waals surface area contributed by atoms with Crippen molar-refractivity contribution in [2.45, 2.75) is 26.2 Å². The number of para-hydroxylation sites is 2. The van der Waals surface area contributed by atoms with Crippen LogP contribution in [0.3, 0.4) is 0 Å². The highest BCUT2D eigenvalue weighted by Gasteiger charge is 2.27. The molecule has 1 aliphatic rings. The van der Waals surface area contributed by atoms with Gasteiger partial charge in [0.2, 0.25) is 5.95 Å². The number of aryl methyl sites for hydroxylation is 2. The zero-order chi connectivity index (χ0) is 16.0. The van der Waals surface area contributed by atoms with E-state index in [9.17, 15) is 4.79 Å². The number of rotatable bonds is 2. The van der Waals surface area contributed by atoms with E-state index in [-0.39, 0.29) is 5.91 Å². The first-order valence-electron chi connectivity index (χ1n) is 7.83. The number of hydrogen-bond acceptors (Lipinski definition) is 4. The van der Waals surface area contributed by atoms with Crippen molar-refractivity contribution in [1.29, 1.82) is 0 Å². The van der Waals surface area contributed by atoms with Crippen molar-refractivity contribution in [2.75, 3.05) is 5.32 Å². The Morgan fingerprint density at radius 1 is 1.39 bits per heavy atom. The van der Waals surface area contributed by atoms with Crippen LogP contribution < -0.4 is 5.32 Å². The molecule has 1 aliphatic carbocycles. The van der Waals surface area contributed by atoms with Crippen LogP contribution in [0.2, 0.25) is 0 Å². The van der Waals surface area contributed by atoms with E-state index in [1.54, 1.807) is 0 Å². The number of nitrogens with zero attached hydrogens (tertiary/aromatic N) is 3. The van der Waals surface area contributed by atoms with Crippen LogP contribution in [-0.2, 0) is 19.9 Å². The summed E-state index contributed by atoms with van der Waals surface area (Å²) in [5.41, 5.74) is 3.15. The lowest BCUT2D eigenvalue weighted by molar-refractivity contribution is 0.101. The predicted octanol–water partition coefficient (Wildman–Crippen LogP) is 2.94. The zero-order valence-electron chi connectivity index (χ0n) is 13.2. The molecular formula is C17H18N4O2. The SMILES string of the molecule is CC1CCc2onc(C(=O)Nc3nc4ccccc4n3C)c2C1. The third-order valence-electron chi connectivity index (χ3n) is 4.51. The number of aromatic nitrogens is 3. The molecule has 1 aromatic carbocycles. The first kappa shape index (κ1) is 14.0. The van der Waals surface area contributed by atoms with Gasteiger partial charge in [0.05, 0.1) is 11.0 Å². The number of amides is 1. The van der Waals surface area contributed by atoms with Crippen molar-refractivity contribution in [1.82, 2.24) is 14.7 Å². The molecule has 1 atom stereocenters. The van der Waals surface area contributed by atoms with Gasteiger partial charge < -0.3 is 9.09 Å². The maximum atomic E-state index is 12.6. The van der Waals surface area contributed by atoms with E-state index in [1.807, 2.05) is 35.9 Å². The molecule has 6 nitrogen and oxygen atoms in total. The van der Waals surface area contributed by atoms with Crippen LogP contribution >= 0.6 is 0 Å². The Labute approximate surface area is 133 Å². The fraction of sp³-hybridized carbons (Fsp3) is 0.353. The molecular weight excluding hydrogens is 292 g/mol. The molecule has 4 rings (SSSR count). The molecule has 0 saturated heterocycles. The van der Waals surface area contributed by atoms with Gasteiger partial charge >= 0.3 is 0 Å². The summed E-state index contributed by atoms with van der Waals surface area (Å²) in [6, 6.07) is 7.77. The van der Waals surface area contributed by atoms with Crippen LogP contribution in [0.4, 0.5) is 5.95 Å². The smallest absolute Gasteiger partial charge is 0.280 e. The predicted molar refractivity (Wildman–Crippen MR) is 86.4 cm³/mol. The second kappa shape index (κ2) is 5.22. The summed E-state index contributed by atoms with van der Waals surface area (Å²) < 4.78 is 7.21. The minimum absolute atomic E-state index is 0.262. The van der Waals surface area contributed by atoms with Crippen molar-refractivity contribution in [3.05, 3.63) is 41.3 Å². The molecule has 0 bridgehead atoms. The number of fused-ring (bicyclic) bond motifs is 2. The van der Waals surface area contributed by atoms with E-state index >= 15 is 0 Å². The molecule has 0 spiro atoms. The van der Waals surface area contributed by atoms with Gasteiger partial charge in [-0.05, 0) is 30.9 Å². The van der Waals surface area contributed by atoms with Gasteiger partial charge in [0, 0.05) is 19.0 Å². The summed E-state index contributed by atoms with van der Waals surface area (Å²) in [5, 5.41) is 6.85. The molecule has 0 saturated carbocycles. The maximum Gasteiger partial charge on any atom is 0.280 e.